The maximum Gasteiger partial charge on any atom is 0.251 e. The van der Waals surface area contributed by atoms with E-state index in [0.717, 1.165) is 0 Å². The molecule has 3 N–H and O–H groups in total. The summed E-state index contributed by atoms with van der Waals surface area (Å²) in [7, 11) is 0. The Morgan fingerprint density at radius 2 is 2.25 bits per heavy atom. The van der Waals surface area contributed by atoms with Gasteiger partial charge in [0.2, 0.25) is 0 Å². The number of carbonyl (C=O) groups excluding carboxylic acids is 2. The van der Waals surface area contributed by atoms with Gasteiger partial charge in [0.05, 0.1) is 12.6 Å². The molecule has 0 aliphatic carbocycles. The maximum absolute atomic E-state index is 10.8. The van der Waals surface area contributed by atoms with Crippen molar-refractivity contribution in [2.75, 3.05) is 12.4 Å². The van der Waals surface area contributed by atoms with Crippen molar-refractivity contribution in [1.82, 2.24) is 5.32 Å². The highest BCUT2D eigenvalue weighted by molar-refractivity contribution is 7.80. The smallest absolute Gasteiger partial charge is 0.251 e. The van der Waals surface area contributed by atoms with E-state index in [4.69, 9.17) is 10.2 Å². The third kappa shape index (κ3) is 3.70. The Bertz CT molecular complexity index is 164. The molecule has 0 saturated heterocycles. The zero-order valence-electron chi connectivity index (χ0n) is 6.30. The van der Waals surface area contributed by atoms with Gasteiger partial charge in [-0.1, -0.05) is 0 Å². The lowest BCUT2D eigenvalue weighted by atomic mass is 10.3. The second-order valence-corrected chi connectivity index (χ2v) is 2.50. The number of thiol groups is 1. The van der Waals surface area contributed by atoms with Crippen LogP contribution in [0.2, 0.25) is 0 Å². The number of aldehydes is 1. The minimum atomic E-state index is -1.48. The van der Waals surface area contributed by atoms with Crippen LogP contribution in [-0.4, -0.2) is 46.9 Å². The van der Waals surface area contributed by atoms with Crippen molar-refractivity contribution in [3.63, 3.8) is 0 Å². The van der Waals surface area contributed by atoms with E-state index in [-0.39, 0.29) is 5.75 Å². The predicted octanol–water partition coefficient (Wildman–Crippen LogP) is -2.05. The Morgan fingerprint density at radius 3 is 2.58 bits per heavy atom. The largest absolute Gasteiger partial charge is 0.393 e. The van der Waals surface area contributed by atoms with Gasteiger partial charge in [0.15, 0.2) is 6.10 Å². The van der Waals surface area contributed by atoms with Crippen LogP contribution in [0.4, 0.5) is 0 Å². The quantitative estimate of drug-likeness (QED) is 0.299. The molecule has 5 nitrogen and oxygen atoms in total. The van der Waals surface area contributed by atoms with Gasteiger partial charge in [-0.2, -0.15) is 12.6 Å². The number of rotatable bonds is 5. The number of aliphatic hydroxyl groups excluding tert-OH is 2. The minimum Gasteiger partial charge on any atom is -0.393 e. The number of carbonyl (C=O) groups is 2. The fourth-order valence-corrected chi connectivity index (χ4v) is 0.662. The first-order valence-electron chi connectivity index (χ1n) is 3.31. The van der Waals surface area contributed by atoms with Gasteiger partial charge in [-0.25, -0.2) is 0 Å². The molecular weight excluding hydrogens is 182 g/mol. The molecule has 0 heterocycles. The Kier molecular flexibility index (Phi) is 5.69. The number of hydrogen-bond acceptors (Lipinski definition) is 5. The highest BCUT2D eigenvalue weighted by atomic mass is 32.1. The Balaban J connectivity index is 3.89. The van der Waals surface area contributed by atoms with Gasteiger partial charge in [-0.3, -0.25) is 4.79 Å². The standard InChI is InChI=1S/C6H11NO4S/c8-1-4(3-12)7-6(11)5(10)2-9/h1,4-5,9-10,12H,2-3H2,(H,7,11)/t4-,5?/m0/s1. The number of hydrogen-bond donors (Lipinski definition) is 4. The van der Waals surface area contributed by atoms with Crippen LogP contribution in [0.5, 0.6) is 0 Å². The summed E-state index contributed by atoms with van der Waals surface area (Å²) in [5.74, 6) is -0.614. The van der Waals surface area contributed by atoms with Gasteiger partial charge in [-0.15, -0.1) is 0 Å². The number of nitrogens with one attached hydrogen (secondary N) is 1. The van der Waals surface area contributed by atoms with Crippen molar-refractivity contribution in [3.8, 4) is 0 Å². The Morgan fingerprint density at radius 1 is 1.67 bits per heavy atom. The monoisotopic (exact) mass is 193 g/mol. The van der Waals surface area contributed by atoms with Gasteiger partial charge < -0.3 is 20.3 Å². The van der Waals surface area contributed by atoms with Crippen LogP contribution < -0.4 is 5.32 Å². The van der Waals surface area contributed by atoms with Crippen LogP contribution in [0.3, 0.4) is 0 Å². The molecule has 1 amide bonds. The molecule has 0 aliphatic rings. The lowest BCUT2D eigenvalue weighted by molar-refractivity contribution is -0.132. The SMILES string of the molecule is O=C[C@@H](CS)NC(=O)C(O)CO. The summed E-state index contributed by atoms with van der Waals surface area (Å²) in [4.78, 5) is 21.0. The maximum atomic E-state index is 10.8. The second kappa shape index (κ2) is 5.99. The van der Waals surface area contributed by atoms with E-state index in [2.05, 4.69) is 17.9 Å². The molecule has 12 heavy (non-hydrogen) atoms. The van der Waals surface area contributed by atoms with Gasteiger partial charge in [0.1, 0.15) is 6.29 Å². The lowest BCUT2D eigenvalue weighted by Gasteiger charge is -2.12. The first kappa shape index (κ1) is 11.4. The third-order valence-electron chi connectivity index (χ3n) is 1.16. The molecule has 0 bridgehead atoms. The molecule has 0 aromatic carbocycles. The number of aliphatic hydroxyl groups is 2. The molecule has 0 radical (unpaired) electrons. The van der Waals surface area contributed by atoms with Crippen molar-refractivity contribution in [2.24, 2.45) is 0 Å². The van der Waals surface area contributed by atoms with Gasteiger partial charge >= 0.3 is 0 Å². The van der Waals surface area contributed by atoms with E-state index in [0.29, 0.717) is 6.29 Å². The molecule has 1 unspecified atom stereocenters. The van der Waals surface area contributed by atoms with E-state index in [1.807, 2.05) is 0 Å². The van der Waals surface area contributed by atoms with Crippen molar-refractivity contribution >= 4 is 24.8 Å². The average molecular weight is 193 g/mol. The fraction of sp³-hybridized carbons (Fsp3) is 0.667. The van der Waals surface area contributed by atoms with Gasteiger partial charge in [0, 0.05) is 5.75 Å². The molecular formula is C6H11NO4S. The molecule has 0 saturated carbocycles. The molecule has 0 aliphatic heterocycles. The molecule has 70 valence electrons. The summed E-state index contributed by atoms with van der Waals surface area (Å²) in [5.41, 5.74) is 0. The van der Waals surface area contributed by atoms with Crippen LogP contribution in [-0.2, 0) is 9.59 Å². The highest BCUT2D eigenvalue weighted by Crippen LogP contribution is 1.86. The summed E-state index contributed by atoms with van der Waals surface area (Å²) in [5, 5.41) is 19.3. The van der Waals surface area contributed by atoms with E-state index < -0.39 is 24.7 Å². The van der Waals surface area contributed by atoms with Crippen molar-refractivity contribution in [3.05, 3.63) is 0 Å². The predicted molar refractivity (Wildman–Crippen MR) is 44.9 cm³/mol. The fourth-order valence-electron chi connectivity index (χ4n) is 0.485. The van der Waals surface area contributed by atoms with Crippen LogP contribution in [0.15, 0.2) is 0 Å². The van der Waals surface area contributed by atoms with E-state index in [1.165, 1.54) is 0 Å². The van der Waals surface area contributed by atoms with E-state index in [1.54, 1.807) is 0 Å². The summed E-state index contributed by atoms with van der Waals surface area (Å²) in [6.07, 6.45) is -0.970. The zero-order chi connectivity index (χ0) is 9.56. The van der Waals surface area contributed by atoms with Gasteiger partial charge in [-0.05, 0) is 0 Å². The average Bonchev–Trinajstić information content (AvgIpc) is 2.12. The highest BCUT2D eigenvalue weighted by Gasteiger charge is 2.16. The van der Waals surface area contributed by atoms with E-state index in [9.17, 15) is 9.59 Å². The molecule has 0 fully saturated rings. The van der Waals surface area contributed by atoms with Crippen LogP contribution in [0, 0.1) is 0 Å². The normalized spacial score (nSPS) is 14.9. The summed E-state index contributed by atoms with van der Waals surface area (Å²) in [6.45, 7) is -0.663. The summed E-state index contributed by atoms with van der Waals surface area (Å²) < 4.78 is 0. The molecule has 0 rings (SSSR count). The topological polar surface area (TPSA) is 86.6 Å². The number of amides is 1. The molecule has 0 aromatic heterocycles. The molecule has 2 atom stereocenters. The molecule has 0 aromatic rings. The van der Waals surface area contributed by atoms with Crippen LogP contribution in [0.1, 0.15) is 0 Å². The lowest BCUT2D eigenvalue weighted by Crippen LogP contribution is -2.44. The summed E-state index contributed by atoms with van der Waals surface area (Å²) >= 11 is 3.78. The van der Waals surface area contributed by atoms with Gasteiger partial charge in [0.25, 0.3) is 5.91 Å². The zero-order valence-corrected chi connectivity index (χ0v) is 7.20. The Hall–Kier alpha value is -0.590. The first-order valence-corrected chi connectivity index (χ1v) is 3.94. The molecule has 6 heteroatoms. The van der Waals surface area contributed by atoms with E-state index >= 15 is 0 Å². The van der Waals surface area contributed by atoms with Crippen molar-refractivity contribution < 1.29 is 19.8 Å². The second-order valence-electron chi connectivity index (χ2n) is 2.13. The van der Waals surface area contributed by atoms with Crippen molar-refractivity contribution in [1.29, 1.82) is 0 Å². The minimum absolute atomic E-state index is 0.160. The first-order chi connectivity index (χ1) is 5.65. The van der Waals surface area contributed by atoms with Crippen LogP contribution >= 0.6 is 12.6 Å². The third-order valence-corrected chi connectivity index (χ3v) is 1.56. The Labute approximate surface area is 75.2 Å². The molecule has 0 spiro atoms. The van der Waals surface area contributed by atoms with Crippen molar-refractivity contribution in [2.45, 2.75) is 12.1 Å². The summed E-state index contributed by atoms with van der Waals surface area (Å²) in [6, 6.07) is -0.720. The van der Waals surface area contributed by atoms with Crippen LogP contribution in [0.25, 0.3) is 0 Å².